The molecule has 0 aliphatic rings. The maximum atomic E-state index is 12.9. The summed E-state index contributed by atoms with van der Waals surface area (Å²) in [7, 11) is 0. The molecule has 0 spiro atoms. The van der Waals surface area contributed by atoms with E-state index in [4.69, 9.17) is 4.74 Å². The van der Waals surface area contributed by atoms with Crippen LogP contribution in [0.2, 0.25) is 0 Å². The quantitative estimate of drug-likeness (QED) is 0.331. The Labute approximate surface area is 191 Å². The van der Waals surface area contributed by atoms with Crippen molar-refractivity contribution in [3.63, 3.8) is 0 Å². The highest BCUT2D eigenvalue weighted by molar-refractivity contribution is 6.04. The number of carbonyl (C=O) groups is 2. The Morgan fingerprint density at radius 2 is 1.45 bits per heavy atom. The van der Waals surface area contributed by atoms with Gasteiger partial charge in [0, 0.05) is 10.9 Å². The maximum Gasteiger partial charge on any atom is 0.359 e. The van der Waals surface area contributed by atoms with Gasteiger partial charge in [0.25, 0.3) is 5.56 Å². The Balaban J connectivity index is 1.61. The van der Waals surface area contributed by atoms with E-state index in [1.807, 2.05) is 18.2 Å². The van der Waals surface area contributed by atoms with Crippen molar-refractivity contribution < 1.29 is 14.3 Å². The minimum absolute atomic E-state index is 0.0232. The predicted molar refractivity (Wildman–Crippen MR) is 127 cm³/mol. The van der Waals surface area contributed by atoms with Crippen LogP contribution in [0.3, 0.4) is 0 Å². The number of hydrogen-bond acceptors (Lipinski definition) is 5. The van der Waals surface area contributed by atoms with Crippen LogP contribution in [0.4, 0.5) is 0 Å². The topological polar surface area (TPSA) is 78.3 Å². The first-order valence-corrected chi connectivity index (χ1v) is 10.6. The zero-order chi connectivity index (χ0) is 23.6. The number of rotatable bonds is 5. The number of carbonyl (C=O) groups excluding carboxylic acids is 2. The third kappa shape index (κ3) is 4.60. The molecule has 33 heavy (non-hydrogen) atoms. The van der Waals surface area contributed by atoms with Crippen molar-refractivity contribution in [2.45, 2.75) is 26.2 Å². The van der Waals surface area contributed by atoms with E-state index < -0.39 is 12.6 Å². The molecule has 1 aromatic heterocycles. The first-order chi connectivity index (χ1) is 15.8. The summed E-state index contributed by atoms with van der Waals surface area (Å²) >= 11 is 0. The molecule has 0 bridgehead atoms. The molecule has 0 saturated carbocycles. The van der Waals surface area contributed by atoms with Crippen molar-refractivity contribution in [3.8, 4) is 5.69 Å². The highest BCUT2D eigenvalue weighted by Gasteiger charge is 2.20. The number of benzene rings is 3. The second-order valence-corrected chi connectivity index (χ2v) is 8.77. The molecule has 3 aromatic carbocycles. The highest BCUT2D eigenvalue weighted by atomic mass is 16.5. The Morgan fingerprint density at radius 1 is 0.848 bits per heavy atom. The molecule has 0 aliphatic heterocycles. The number of esters is 1. The molecule has 6 nitrogen and oxygen atoms in total. The van der Waals surface area contributed by atoms with Crippen molar-refractivity contribution >= 4 is 22.5 Å². The van der Waals surface area contributed by atoms with Gasteiger partial charge in [0.05, 0.1) is 11.1 Å². The fourth-order valence-corrected chi connectivity index (χ4v) is 3.52. The van der Waals surface area contributed by atoms with Gasteiger partial charge in [0.1, 0.15) is 0 Å². The number of hydrogen-bond donors (Lipinski definition) is 0. The lowest BCUT2D eigenvalue weighted by molar-refractivity contribution is 0.0469. The smallest absolute Gasteiger partial charge is 0.359 e. The number of fused-ring (bicyclic) bond motifs is 1. The van der Waals surface area contributed by atoms with Crippen molar-refractivity contribution in [2.24, 2.45) is 0 Å². The van der Waals surface area contributed by atoms with Crippen LogP contribution in [0, 0.1) is 0 Å². The maximum absolute atomic E-state index is 12.9. The molecule has 0 saturated heterocycles. The molecule has 1 heterocycles. The number of ether oxygens (including phenoxy) is 1. The van der Waals surface area contributed by atoms with Crippen molar-refractivity contribution in [1.82, 2.24) is 9.78 Å². The van der Waals surface area contributed by atoms with Gasteiger partial charge >= 0.3 is 5.97 Å². The lowest BCUT2D eigenvalue weighted by Crippen LogP contribution is -2.25. The molecule has 0 radical (unpaired) electrons. The third-order valence-electron chi connectivity index (χ3n) is 5.41. The Kier molecular flexibility index (Phi) is 5.92. The molecule has 0 unspecified atom stereocenters. The molecule has 0 amide bonds. The van der Waals surface area contributed by atoms with E-state index in [2.05, 4.69) is 25.9 Å². The summed E-state index contributed by atoms with van der Waals surface area (Å²) < 4.78 is 6.49. The van der Waals surface area contributed by atoms with Crippen LogP contribution >= 0.6 is 0 Å². The predicted octanol–water partition coefficient (Wildman–Crippen LogP) is 4.72. The van der Waals surface area contributed by atoms with E-state index in [-0.39, 0.29) is 22.5 Å². The van der Waals surface area contributed by atoms with Crippen LogP contribution in [0.15, 0.2) is 83.7 Å². The number of ketones is 1. The second kappa shape index (κ2) is 8.82. The van der Waals surface area contributed by atoms with Gasteiger partial charge in [-0.3, -0.25) is 9.59 Å². The van der Waals surface area contributed by atoms with E-state index in [0.29, 0.717) is 22.0 Å². The van der Waals surface area contributed by atoms with Crippen molar-refractivity contribution in [2.75, 3.05) is 6.61 Å². The molecule has 0 atom stereocenters. The summed E-state index contributed by atoms with van der Waals surface area (Å²) in [6, 6.07) is 22.8. The van der Waals surface area contributed by atoms with Crippen LogP contribution in [0.1, 0.15) is 47.2 Å². The van der Waals surface area contributed by atoms with E-state index in [1.54, 1.807) is 60.7 Å². The monoisotopic (exact) mass is 440 g/mol. The van der Waals surface area contributed by atoms with Crippen LogP contribution in [-0.4, -0.2) is 28.1 Å². The number of aromatic nitrogens is 2. The fourth-order valence-electron chi connectivity index (χ4n) is 3.52. The lowest BCUT2D eigenvalue weighted by Gasteiger charge is -2.19. The van der Waals surface area contributed by atoms with E-state index in [9.17, 15) is 14.4 Å². The molecule has 4 aromatic rings. The first-order valence-electron chi connectivity index (χ1n) is 10.6. The second-order valence-electron chi connectivity index (χ2n) is 8.77. The third-order valence-corrected chi connectivity index (χ3v) is 5.41. The SMILES string of the molecule is CC(C)(C)c1ccc(C(=O)COC(=O)c2nn(-c3ccccc3)c(=O)c3ccccc23)cc1. The number of nitrogens with zero attached hydrogens (tertiary/aromatic N) is 2. The number of para-hydroxylation sites is 1. The summed E-state index contributed by atoms with van der Waals surface area (Å²) in [5, 5.41) is 4.99. The minimum Gasteiger partial charge on any atom is -0.452 e. The molecule has 0 aliphatic carbocycles. The summed E-state index contributed by atoms with van der Waals surface area (Å²) in [6.07, 6.45) is 0. The van der Waals surface area contributed by atoms with E-state index >= 15 is 0 Å². The summed E-state index contributed by atoms with van der Waals surface area (Å²) in [6.45, 7) is 5.86. The molecular weight excluding hydrogens is 416 g/mol. The first kappa shape index (κ1) is 22.1. The Bertz CT molecular complexity index is 1380. The molecular formula is C27H24N2O4. The zero-order valence-electron chi connectivity index (χ0n) is 18.7. The van der Waals surface area contributed by atoms with Gasteiger partial charge in [-0.15, -0.1) is 0 Å². The number of Topliss-reactive ketones (excluding diaryl/α,β-unsaturated/α-hetero) is 1. The molecule has 0 fully saturated rings. The van der Waals surface area contributed by atoms with E-state index in [1.165, 1.54) is 4.68 Å². The van der Waals surface area contributed by atoms with E-state index in [0.717, 1.165) is 5.56 Å². The lowest BCUT2D eigenvalue weighted by atomic mass is 9.86. The molecule has 4 rings (SSSR count). The average Bonchev–Trinajstić information content (AvgIpc) is 2.83. The van der Waals surface area contributed by atoms with Crippen molar-refractivity contribution in [1.29, 1.82) is 0 Å². The van der Waals surface area contributed by atoms with Gasteiger partial charge in [-0.05, 0) is 29.2 Å². The Hall–Kier alpha value is -4.06. The average molecular weight is 440 g/mol. The van der Waals surface area contributed by atoms with Crippen LogP contribution < -0.4 is 5.56 Å². The zero-order valence-corrected chi connectivity index (χ0v) is 18.7. The Morgan fingerprint density at radius 3 is 2.09 bits per heavy atom. The van der Waals surface area contributed by atoms with Gasteiger partial charge in [0.2, 0.25) is 0 Å². The normalized spacial score (nSPS) is 11.4. The summed E-state index contributed by atoms with van der Waals surface area (Å²) in [4.78, 5) is 38.5. The van der Waals surface area contributed by atoms with Gasteiger partial charge in [0.15, 0.2) is 18.1 Å². The molecule has 0 N–H and O–H groups in total. The van der Waals surface area contributed by atoms with Gasteiger partial charge < -0.3 is 4.74 Å². The molecule has 166 valence electrons. The van der Waals surface area contributed by atoms with Crippen LogP contribution in [0.25, 0.3) is 16.5 Å². The molecule has 6 heteroatoms. The van der Waals surface area contributed by atoms with Gasteiger partial charge in [-0.2, -0.15) is 9.78 Å². The fraction of sp³-hybridized carbons (Fsp3) is 0.185. The van der Waals surface area contributed by atoms with Crippen LogP contribution in [-0.2, 0) is 10.2 Å². The summed E-state index contributed by atoms with van der Waals surface area (Å²) in [5.74, 6) is -1.08. The van der Waals surface area contributed by atoms with Crippen LogP contribution in [0.5, 0.6) is 0 Å². The summed E-state index contributed by atoms with van der Waals surface area (Å²) in [5.41, 5.74) is 1.70. The standard InChI is InChI=1S/C27H24N2O4/c1-27(2,3)19-15-13-18(14-16-19)23(30)17-33-26(32)24-21-11-7-8-12-22(21)25(31)29(28-24)20-9-5-4-6-10-20/h4-16H,17H2,1-3H3. The van der Waals surface area contributed by atoms with Gasteiger partial charge in [-0.1, -0.05) is 81.4 Å². The largest absolute Gasteiger partial charge is 0.452 e. The van der Waals surface area contributed by atoms with Crippen molar-refractivity contribution in [3.05, 3.63) is 106 Å². The minimum atomic E-state index is -0.768. The highest BCUT2D eigenvalue weighted by Crippen LogP contribution is 2.22. The van der Waals surface area contributed by atoms with Gasteiger partial charge in [-0.25, -0.2) is 4.79 Å².